The van der Waals surface area contributed by atoms with Crippen LogP contribution in [0.15, 0.2) is 0 Å². The summed E-state index contributed by atoms with van der Waals surface area (Å²) in [5.41, 5.74) is 1.64. The van der Waals surface area contributed by atoms with Gasteiger partial charge in [0.25, 0.3) is 11.9 Å². The molecular formula is C17H22FN3O2. The first kappa shape index (κ1) is 14.7. The average Bonchev–Trinajstić information content (AvgIpc) is 3.30. The van der Waals surface area contributed by atoms with Crippen LogP contribution in [0.3, 0.4) is 0 Å². The van der Waals surface area contributed by atoms with E-state index in [0.29, 0.717) is 22.7 Å². The highest BCUT2D eigenvalue weighted by Crippen LogP contribution is 2.34. The molecule has 2 saturated carbocycles. The fraction of sp³-hybridized carbons (Fsp3) is 0.647. The molecule has 2 aliphatic carbocycles. The SMILES string of the molecule is Cc1nc(OC2CC2)c(F)c2c1nc(OC1CCCCC1)n2C. The van der Waals surface area contributed by atoms with Gasteiger partial charge in [-0.25, -0.2) is 4.98 Å². The van der Waals surface area contributed by atoms with Gasteiger partial charge in [0.05, 0.1) is 5.69 Å². The van der Waals surface area contributed by atoms with Crippen LogP contribution in [-0.2, 0) is 7.05 Å². The zero-order valence-electron chi connectivity index (χ0n) is 13.6. The smallest absolute Gasteiger partial charge is 0.297 e. The Hall–Kier alpha value is -1.85. The molecule has 0 unspecified atom stereocenters. The molecule has 0 saturated heterocycles. The van der Waals surface area contributed by atoms with E-state index in [1.165, 1.54) is 19.3 Å². The van der Waals surface area contributed by atoms with Crippen molar-refractivity contribution in [2.24, 2.45) is 7.05 Å². The van der Waals surface area contributed by atoms with E-state index in [-0.39, 0.29) is 18.1 Å². The molecule has 6 heteroatoms. The van der Waals surface area contributed by atoms with Crippen LogP contribution in [0.25, 0.3) is 11.0 Å². The van der Waals surface area contributed by atoms with Gasteiger partial charge < -0.3 is 9.47 Å². The maximum atomic E-state index is 14.8. The van der Waals surface area contributed by atoms with E-state index < -0.39 is 5.82 Å². The number of fused-ring (bicyclic) bond motifs is 1. The zero-order chi connectivity index (χ0) is 16.0. The topological polar surface area (TPSA) is 49.2 Å². The third-order valence-corrected chi connectivity index (χ3v) is 4.69. The second-order valence-corrected chi connectivity index (χ2v) is 6.66. The molecule has 0 spiro atoms. The molecule has 2 aromatic heterocycles. The lowest BCUT2D eigenvalue weighted by Gasteiger charge is -2.22. The van der Waals surface area contributed by atoms with Crippen LogP contribution in [-0.4, -0.2) is 26.7 Å². The molecular weight excluding hydrogens is 297 g/mol. The summed E-state index contributed by atoms with van der Waals surface area (Å²) in [6, 6.07) is 0.472. The maximum Gasteiger partial charge on any atom is 0.297 e. The normalized spacial score (nSPS) is 19.3. The minimum atomic E-state index is -0.439. The van der Waals surface area contributed by atoms with Crippen molar-refractivity contribution in [3.8, 4) is 11.9 Å². The van der Waals surface area contributed by atoms with Gasteiger partial charge in [-0.2, -0.15) is 9.37 Å². The molecule has 0 aliphatic heterocycles. The van der Waals surface area contributed by atoms with Gasteiger partial charge in [0.1, 0.15) is 23.2 Å². The number of rotatable bonds is 4. The first-order valence-electron chi connectivity index (χ1n) is 8.49. The average molecular weight is 319 g/mol. The van der Waals surface area contributed by atoms with E-state index in [1.54, 1.807) is 11.6 Å². The van der Waals surface area contributed by atoms with E-state index in [4.69, 9.17) is 9.47 Å². The number of nitrogens with zero attached hydrogens (tertiary/aromatic N) is 3. The summed E-state index contributed by atoms with van der Waals surface area (Å²) in [7, 11) is 1.79. The fourth-order valence-electron chi connectivity index (χ4n) is 3.20. The van der Waals surface area contributed by atoms with Crippen molar-refractivity contribution >= 4 is 11.0 Å². The number of aryl methyl sites for hydroxylation is 2. The Bertz CT molecular complexity index is 733. The molecule has 0 amide bonds. The number of pyridine rings is 1. The van der Waals surface area contributed by atoms with Crippen LogP contribution >= 0.6 is 0 Å². The molecule has 0 bridgehead atoms. The quantitative estimate of drug-likeness (QED) is 0.863. The standard InChI is InChI=1S/C17H22FN3O2/c1-10-14-15(13(18)16(19-10)22-12-8-9-12)21(2)17(20-14)23-11-6-4-3-5-7-11/h11-12H,3-9H2,1-2H3. The van der Waals surface area contributed by atoms with Crippen molar-refractivity contribution < 1.29 is 13.9 Å². The van der Waals surface area contributed by atoms with Crippen LogP contribution in [0, 0.1) is 12.7 Å². The lowest BCUT2D eigenvalue weighted by Crippen LogP contribution is -2.21. The predicted molar refractivity (Wildman–Crippen MR) is 84.4 cm³/mol. The highest BCUT2D eigenvalue weighted by molar-refractivity contribution is 5.80. The summed E-state index contributed by atoms with van der Waals surface area (Å²) < 4.78 is 28.1. The van der Waals surface area contributed by atoms with Crippen molar-refractivity contribution in [3.63, 3.8) is 0 Å². The molecule has 0 N–H and O–H groups in total. The van der Waals surface area contributed by atoms with E-state index in [2.05, 4.69) is 9.97 Å². The molecule has 0 atom stereocenters. The second-order valence-electron chi connectivity index (χ2n) is 6.66. The molecule has 2 aliphatic rings. The Morgan fingerprint density at radius 2 is 1.70 bits per heavy atom. The number of hydrogen-bond acceptors (Lipinski definition) is 4. The molecule has 2 aromatic rings. The van der Waals surface area contributed by atoms with E-state index in [9.17, 15) is 4.39 Å². The van der Waals surface area contributed by atoms with E-state index in [1.807, 2.05) is 6.92 Å². The van der Waals surface area contributed by atoms with Crippen molar-refractivity contribution in [1.29, 1.82) is 0 Å². The first-order valence-corrected chi connectivity index (χ1v) is 8.49. The predicted octanol–water partition coefficient (Wildman–Crippen LogP) is 3.67. The molecule has 4 rings (SSSR count). The lowest BCUT2D eigenvalue weighted by atomic mass is 9.98. The first-order chi connectivity index (χ1) is 11.1. The van der Waals surface area contributed by atoms with Gasteiger partial charge in [-0.05, 0) is 45.4 Å². The fourth-order valence-corrected chi connectivity index (χ4v) is 3.20. The molecule has 0 aromatic carbocycles. The Kier molecular flexibility index (Phi) is 3.62. The third-order valence-electron chi connectivity index (χ3n) is 4.69. The monoisotopic (exact) mass is 319 g/mol. The van der Waals surface area contributed by atoms with Gasteiger partial charge in [-0.3, -0.25) is 4.57 Å². The Labute approximate surface area is 134 Å². The summed E-state index contributed by atoms with van der Waals surface area (Å²) in [5, 5.41) is 0. The highest BCUT2D eigenvalue weighted by atomic mass is 19.1. The minimum Gasteiger partial charge on any atom is -0.472 e. The van der Waals surface area contributed by atoms with Gasteiger partial charge in [0.15, 0.2) is 0 Å². The zero-order valence-corrected chi connectivity index (χ0v) is 13.6. The number of halogens is 1. The summed E-state index contributed by atoms with van der Waals surface area (Å²) in [4.78, 5) is 8.74. The summed E-state index contributed by atoms with van der Waals surface area (Å²) in [5.74, 6) is -0.351. The highest BCUT2D eigenvalue weighted by Gasteiger charge is 2.28. The Morgan fingerprint density at radius 1 is 1.00 bits per heavy atom. The largest absolute Gasteiger partial charge is 0.472 e. The van der Waals surface area contributed by atoms with Crippen LogP contribution in [0.1, 0.15) is 50.6 Å². The van der Waals surface area contributed by atoms with Crippen molar-refractivity contribution in [3.05, 3.63) is 11.5 Å². The van der Waals surface area contributed by atoms with Gasteiger partial charge in [0, 0.05) is 7.05 Å². The van der Waals surface area contributed by atoms with Gasteiger partial charge in [0.2, 0.25) is 5.82 Å². The van der Waals surface area contributed by atoms with Crippen LogP contribution in [0.4, 0.5) is 4.39 Å². The van der Waals surface area contributed by atoms with Crippen LogP contribution in [0.5, 0.6) is 11.9 Å². The molecule has 2 fully saturated rings. The Morgan fingerprint density at radius 3 is 2.39 bits per heavy atom. The van der Waals surface area contributed by atoms with E-state index in [0.717, 1.165) is 25.7 Å². The Balaban J connectivity index is 1.70. The number of ether oxygens (including phenoxy) is 2. The van der Waals surface area contributed by atoms with Crippen LogP contribution in [0.2, 0.25) is 0 Å². The number of imidazole rings is 1. The summed E-state index contributed by atoms with van der Waals surface area (Å²) in [6.07, 6.45) is 7.95. The molecule has 23 heavy (non-hydrogen) atoms. The van der Waals surface area contributed by atoms with Gasteiger partial charge in [-0.1, -0.05) is 6.42 Å². The van der Waals surface area contributed by atoms with E-state index >= 15 is 0 Å². The number of aromatic nitrogens is 3. The maximum absolute atomic E-state index is 14.8. The number of hydrogen-bond donors (Lipinski definition) is 0. The summed E-state index contributed by atoms with van der Waals surface area (Å²) >= 11 is 0. The van der Waals surface area contributed by atoms with Crippen LogP contribution < -0.4 is 9.47 Å². The minimum absolute atomic E-state index is 0.0877. The van der Waals surface area contributed by atoms with Gasteiger partial charge in [-0.15, -0.1) is 0 Å². The van der Waals surface area contributed by atoms with Gasteiger partial charge >= 0.3 is 0 Å². The second kappa shape index (κ2) is 5.65. The van der Waals surface area contributed by atoms with Crippen molar-refractivity contribution in [1.82, 2.24) is 14.5 Å². The third kappa shape index (κ3) is 2.75. The summed E-state index contributed by atoms with van der Waals surface area (Å²) in [6.45, 7) is 1.83. The van der Waals surface area contributed by atoms with Crippen molar-refractivity contribution in [2.45, 2.75) is 64.1 Å². The lowest BCUT2D eigenvalue weighted by molar-refractivity contribution is 0.138. The molecule has 5 nitrogen and oxygen atoms in total. The molecule has 2 heterocycles. The van der Waals surface area contributed by atoms with Crippen molar-refractivity contribution in [2.75, 3.05) is 0 Å². The molecule has 0 radical (unpaired) electrons. The molecule has 124 valence electrons.